The van der Waals surface area contributed by atoms with E-state index in [1.54, 1.807) is 30.7 Å². The van der Waals surface area contributed by atoms with Gasteiger partial charge in [-0.1, -0.05) is 12.0 Å². The molecule has 0 atom stereocenters. The number of rotatable bonds is 4. The zero-order valence-corrected chi connectivity index (χ0v) is 11.9. The number of hydrogen-bond donors (Lipinski definition) is 2. The van der Waals surface area contributed by atoms with Crippen LogP contribution < -0.4 is 11.2 Å². The number of nitrogens with one attached hydrogen (secondary N) is 1. The van der Waals surface area contributed by atoms with Crippen molar-refractivity contribution < 1.29 is 5.11 Å². The number of aromatic amines is 1. The Morgan fingerprint density at radius 2 is 2.19 bits per heavy atom. The van der Waals surface area contributed by atoms with Crippen LogP contribution >= 0.6 is 0 Å². The van der Waals surface area contributed by atoms with Crippen LogP contribution in [0.3, 0.4) is 0 Å². The monoisotopic (exact) mass is 288 g/mol. The molecular formula is C14H16N4O3. The third-order valence-corrected chi connectivity index (χ3v) is 3.01. The maximum atomic E-state index is 12.0. The van der Waals surface area contributed by atoms with Crippen molar-refractivity contribution in [2.75, 3.05) is 6.61 Å². The standard InChI is InChI=1S/C14H16N4O3/c1-3-4-8-18-10(7-5-6-9-19)15-12-11(18)13(20)16-14(21)17(12)2/h5,7,19H,6,8-9H2,1-2H3,(H,16,20,21). The number of aryl methyl sites for hydroxylation is 1. The highest BCUT2D eigenvalue weighted by molar-refractivity contribution is 5.73. The van der Waals surface area contributed by atoms with Gasteiger partial charge >= 0.3 is 5.69 Å². The smallest absolute Gasteiger partial charge is 0.329 e. The highest BCUT2D eigenvalue weighted by Gasteiger charge is 2.14. The molecule has 2 N–H and O–H groups in total. The van der Waals surface area contributed by atoms with E-state index in [2.05, 4.69) is 21.8 Å². The third-order valence-electron chi connectivity index (χ3n) is 3.01. The molecule has 0 saturated heterocycles. The Hall–Kier alpha value is -2.59. The van der Waals surface area contributed by atoms with Crippen molar-refractivity contribution >= 4 is 17.2 Å². The lowest BCUT2D eigenvalue weighted by atomic mass is 10.4. The summed E-state index contributed by atoms with van der Waals surface area (Å²) in [5.74, 6) is 6.17. The van der Waals surface area contributed by atoms with Gasteiger partial charge in [-0.2, -0.15) is 0 Å². The molecule has 0 radical (unpaired) electrons. The van der Waals surface area contributed by atoms with E-state index >= 15 is 0 Å². The molecule has 21 heavy (non-hydrogen) atoms. The number of aliphatic hydroxyl groups is 1. The number of H-pyrrole nitrogens is 1. The van der Waals surface area contributed by atoms with Crippen molar-refractivity contribution in [3.8, 4) is 11.8 Å². The molecule has 0 aliphatic rings. The minimum absolute atomic E-state index is 0.0323. The summed E-state index contributed by atoms with van der Waals surface area (Å²) in [6.45, 7) is 2.04. The number of hydrogen-bond acceptors (Lipinski definition) is 4. The molecule has 0 fully saturated rings. The average molecular weight is 288 g/mol. The predicted octanol–water partition coefficient (Wildman–Crippen LogP) is -0.158. The van der Waals surface area contributed by atoms with Gasteiger partial charge in [0.05, 0.1) is 6.54 Å². The normalized spacial score (nSPS) is 11.0. The van der Waals surface area contributed by atoms with Crippen LogP contribution in [0, 0.1) is 11.8 Å². The molecule has 2 rings (SSSR count). The Bertz CT molecular complexity index is 858. The lowest BCUT2D eigenvalue weighted by Gasteiger charge is -2.01. The Balaban J connectivity index is 2.74. The van der Waals surface area contributed by atoms with E-state index in [4.69, 9.17) is 5.11 Å². The van der Waals surface area contributed by atoms with E-state index < -0.39 is 11.2 Å². The Kier molecular flexibility index (Phi) is 4.40. The van der Waals surface area contributed by atoms with Crippen molar-refractivity contribution in [2.24, 2.45) is 7.05 Å². The predicted molar refractivity (Wildman–Crippen MR) is 79.8 cm³/mol. The molecule has 7 nitrogen and oxygen atoms in total. The minimum atomic E-state index is -0.510. The number of imidazole rings is 1. The second-order valence-electron chi connectivity index (χ2n) is 4.39. The van der Waals surface area contributed by atoms with Crippen LogP contribution in [-0.2, 0) is 13.6 Å². The summed E-state index contributed by atoms with van der Waals surface area (Å²) in [7, 11) is 1.55. The molecule has 0 spiro atoms. The van der Waals surface area contributed by atoms with Crippen molar-refractivity contribution in [3.05, 3.63) is 32.7 Å². The lowest BCUT2D eigenvalue weighted by molar-refractivity contribution is 0.303. The molecule has 0 amide bonds. The van der Waals surface area contributed by atoms with E-state index in [9.17, 15) is 9.59 Å². The van der Waals surface area contributed by atoms with Crippen LogP contribution in [0.4, 0.5) is 0 Å². The zero-order chi connectivity index (χ0) is 15.4. The van der Waals surface area contributed by atoms with Gasteiger partial charge in [0.15, 0.2) is 11.2 Å². The highest BCUT2D eigenvalue weighted by Crippen LogP contribution is 2.12. The van der Waals surface area contributed by atoms with Gasteiger partial charge in [0.2, 0.25) is 0 Å². The summed E-state index contributed by atoms with van der Waals surface area (Å²) in [5, 5.41) is 8.82. The van der Waals surface area contributed by atoms with Gasteiger partial charge in [-0.05, 0) is 19.4 Å². The highest BCUT2D eigenvalue weighted by atomic mass is 16.2. The van der Waals surface area contributed by atoms with Gasteiger partial charge in [-0.15, -0.1) is 5.92 Å². The first-order chi connectivity index (χ1) is 10.1. The Morgan fingerprint density at radius 3 is 2.86 bits per heavy atom. The summed E-state index contributed by atoms with van der Waals surface area (Å²) in [5.41, 5.74) is -0.376. The first-order valence-electron chi connectivity index (χ1n) is 6.46. The van der Waals surface area contributed by atoms with Crippen molar-refractivity contribution in [1.82, 2.24) is 19.1 Å². The fraction of sp³-hybridized carbons (Fsp3) is 0.357. The van der Waals surface area contributed by atoms with Gasteiger partial charge in [0.1, 0.15) is 5.82 Å². The fourth-order valence-corrected chi connectivity index (χ4v) is 1.96. The van der Waals surface area contributed by atoms with Crippen LogP contribution in [0.15, 0.2) is 15.7 Å². The number of nitrogens with zero attached hydrogens (tertiary/aromatic N) is 3. The quantitative estimate of drug-likeness (QED) is 0.765. The third kappa shape index (κ3) is 2.80. The summed E-state index contributed by atoms with van der Waals surface area (Å²) in [6, 6.07) is 0. The molecule has 2 aromatic heterocycles. The molecule has 0 aliphatic heterocycles. The number of fused-ring (bicyclic) bond motifs is 1. The lowest BCUT2D eigenvalue weighted by Crippen LogP contribution is -2.29. The van der Waals surface area contributed by atoms with E-state index in [1.807, 2.05) is 0 Å². The van der Waals surface area contributed by atoms with E-state index in [0.717, 1.165) is 0 Å². The molecule has 2 heterocycles. The first kappa shape index (κ1) is 14.8. The summed E-state index contributed by atoms with van der Waals surface area (Å²) < 4.78 is 2.94. The summed E-state index contributed by atoms with van der Waals surface area (Å²) >= 11 is 0. The van der Waals surface area contributed by atoms with E-state index in [0.29, 0.717) is 30.0 Å². The molecule has 0 aliphatic carbocycles. The van der Waals surface area contributed by atoms with Crippen LogP contribution in [0.1, 0.15) is 19.2 Å². The maximum Gasteiger partial charge on any atom is 0.329 e. The number of aliphatic hydroxyl groups excluding tert-OH is 1. The van der Waals surface area contributed by atoms with Gasteiger partial charge in [0.25, 0.3) is 5.56 Å². The largest absolute Gasteiger partial charge is 0.396 e. The van der Waals surface area contributed by atoms with Gasteiger partial charge in [0, 0.05) is 13.7 Å². The van der Waals surface area contributed by atoms with Gasteiger partial charge < -0.3 is 9.67 Å². The van der Waals surface area contributed by atoms with Crippen molar-refractivity contribution in [3.63, 3.8) is 0 Å². The molecule has 7 heteroatoms. The summed E-state index contributed by atoms with van der Waals surface area (Å²) in [6.07, 6.45) is 3.94. The molecule has 0 saturated carbocycles. The molecule has 110 valence electrons. The van der Waals surface area contributed by atoms with E-state index in [-0.39, 0.29) is 6.61 Å². The minimum Gasteiger partial charge on any atom is -0.396 e. The molecule has 0 bridgehead atoms. The van der Waals surface area contributed by atoms with Gasteiger partial charge in [-0.3, -0.25) is 14.3 Å². The van der Waals surface area contributed by atoms with Crippen LogP contribution in [0.5, 0.6) is 0 Å². The molecular weight excluding hydrogens is 272 g/mol. The van der Waals surface area contributed by atoms with E-state index in [1.165, 1.54) is 4.57 Å². The first-order valence-corrected chi connectivity index (χ1v) is 6.46. The molecule has 0 aromatic carbocycles. The van der Waals surface area contributed by atoms with Gasteiger partial charge in [-0.25, -0.2) is 9.78 Å². The van der Waals surface area contributed by atoms with Crippen LogP contribution in [0.25, 0.3) is 17.2 Å². The fourth-order valence-electron chi connectivity index (χ4n) is 1.96. The summed E-state index contributed by atoms with van der Waals surface area (Å²) in [4.78, 5) is 30.3. The molecule has 2 aromatic rings. The van der Waals surface area contributed by atoms with Crippen molar-refractivity contribution in [2.45, 2.75) is 19.9 Å². The SMILES string of the molecule is CC#CCn1c(C=CCCO)nc2c1c(=O)[nH]c(=O)n2C. The second-order valence-corrected chi connectivity index (χ2v) is 4.39. The van der Waals surface area contributed by atoms with Crippen LogP contribution in [-0.4, -0.2) is 30.8 Å². The van der Waals surface area contributed by atoms with Crippen LogP contribution in [0.2, 0.25) is 0 Å². The zero-order valence-electron chi connectivity index (χ0n) is 11.9. The molecule has 0 unspecified atom stereocenters. The average Bonchev–Trinajstić information content (AvgIpc) is 2.82. The topological polar surface area (TPSA) is 92.9 Å². The second kappa shape index (κ2) is 6.24. The Morgan fingerprint density at radius 1 is 1.43 bits per heavy atom. The van der Waals surface area contributed by atoms with Crippen molar-refractivity contribution in [1.29, 1.82) is 0 Å². The number of aromatic nitrogens is 4. The Labute approximate surface area is 120 Å². The maximum absolute atomic E-state index is 12.0.